The summed E-state index contributed by atoms with van der Waals surface area (Å²) in [5.74, 6) is 0.121. The number of nitrogens with one attached hydrogen (secondary N) is 1. The van der Waals surface area contributed by atoms with E-state index in [1.54, 1.807) is 6.07 Å². The first kappa shape index (κ1) is 11.0. The fraction of sp³-hybridized carbons (Fsp3) is 0.462. The van der Waals surface area contributed by atoms with Crippen LogP contribution < -0.4 is 11.1 Å². The van der Waals surface area contributed by atoms with Gasteiger partial charge in [0.25, 0.3) is 0 Å². The Kier molecular flexibility index (Phi) is 2.86. The molecule has 0 spiro atoms. The van der Waals surface area contributed by atoms with Gasteiger partial charge in [-0.2, -0.15) is 0 Å². The molecule has 1 aliphatic rings. The van der Waals surface area contributed by atoms with Gasteiger partial charge in [-0.15, -0.1) is 0 Å². The van der Waals surface area contributed by atoms with Crippen LogP contribution in [0.1, 0.15) is 32.6 Å². The lowest BCUT2D eigenvalue weighted by atomic mass is 9.88. The average molecular weight is 218 g/mol. The molecule has 1 saturated carbocycles. The Morgan fingerprint density at radius 1 is 1.38 bits per heavy atom. The molecule has 1 aromatic carbocycles. The van der Waals surface area contributed by atoms with E-state index in [1.165, 1.54) is 0 Å². The van der Waals surface area contributed by atoms with Crippen molar-refractivity contribution in [3.63, 3.8) is 0 Å². The van der Waals surface area contributed by atoms with E-state index < -0.39 is 0 Å². The number of nitrogens with two attached hydrogens (primary N) is 1. The summed E-state index contributed by atoms with van der Waals surface area (Å²) in [4.78, 5) is 12.1. The van der Waals surface area contributed by atoms with E-state index in [1.807, 2.05) is 25.1 Å². The van der Waals surface area contributed by atoms with E-state index in [0.29, 0.717) is 5.69 Å². The van der Waals surface area contributed by atoms with Crippen molar-refractivity contribution in [3.05, 3.63) is 24.3 Å². The zero-order valence-electron chi connectivity index (χ0n) is 9.62. The highest BCUT2D eigenvalue weighted by atomic mass is 16.2. The van der Waals surface area contributed by atoms with Crippen molar-refractivity contribution in [2.45, 2.75) is 32.6 Å². The molecule has 0 unspecified atom stereocenters. The van der Waals surface area contributed by atoms with Gasteiger partial charge in [-0.25, -0.2) is 0 Å². The predicted molar refractivity (Wildman–Crippen MR) is 66.1 cm³/mol. The molecule has 1 fully saturated rings. The number of rotatable bonds is 2. The summed E-state index contributed by atoms with van der Waals surface area (Å²) in [7, 11) is 0. The van der Waals surface area contributed by atoms with Crippen molar-refractivity contribution in [1.82, 2.24) is 0 Å². The molecule has 0 radical (unpaired) electrons. The summed E-state index contributed by atoms with van der Waals surface area (Å²) in [6.07, 6.45) is 4.28. The van der Waals surface area contributed by atoms with Gasteiger partial charge in [-0.05, 0) is 31.0 Å². The smallest absolute Gasteiger partial charge is 0.230 e. The van der Waals surface area contributed by atoms with Crippen LogP contribution in [-0.2, 0) is 4.79 Å². The number of carbonyl (C=O) groups excluding carboxylic acids is 1. The molecule has 0 saturated heterocycles. The fourth-order valence-electron chi connectivity index (χ4n) is 2.28. The van der Waals surface area contributed by atoms with Crippen molar-refractivity contribution in [2.75, 3.05) is 11.1 Å². The van der Waals surface area contributed by atoms with Crippen LogP contribution in [0.5, 0.6) is 0 Å². The molecule has 3 N–H and O–H groups in total. The zero-order chi connectivity index (χ0) is 11.6. The third kappa shape index (κ3) is 2.18. The van der Waals surface area contributed by atoms with E-state index in [2.05, 4.69) is 5.32 Å². The standard InChI is InChI=1S/C13H18N2O/c1-13(7-2-3-8-13)12(16)15-11-6-4-5-10(14)9-11/h4-6,9H,2-3,7-8,14H2,1H3,(H,15,16). The number of hydrogen-bond acceptors (Lipinski definition) is 2. The second kappa shape index (κ2) is 4.16. The Morgan fingerprint density at radius 2 is 2.06 bits per heavy atom. The Balaban J connectivity index is 2.07. The van der Waals surface area contributed by atoms with Crippen LogP contribution in [0.25, 0.3) is 0 Å². The molecule has 0 aromatic heterocycles. The van der Waals surface area contributed by atoms with Gasteiger partial charge in [-0.3, -0.25) is 4.79 Å². The monoisotopic (exact) mass is 218 g/mol. The minimum Gasteiger partial charge on any atom is -0.399 e. The fourth-order valence-corrected chi connectivity index (χ4v) is 2.28. The van der Waals surface area contributed by atoms with E-state index in [0.717, 1.165) is 31.4 Å². The number of hydrogen-bond donors (Lipinski definition) is 2. The first-order chi connectivity index (χ1) is 7.60. The maximum atomic E-state index is 12.1. The molecule has 3 heteroatoms. The minimum absolute atomic E-state index is 0.121. The van der Waals surface area contributed by atoms with Gasteiger partial charge in [-0.1, -0.05) is 25.8 Å². The molecule has 0 bridgehead atoms. The zero-order valence-corrected chi connectivity index (χ0v) is 9.62. The van der Waals surface area contributed by atoms with Crippen LogP contribution in [0.3, 0.4) is 0 Å². The first-order valence-electron chi connectivity index (χ1n) is 5.77. The van der Waals surface area contributed by atoms with Crippen LogP contribution in [-0.4, -0.2) is 5.91 Å². The Morgan fingerprint density at radius 3 is 2.69 bits per heavy atom. The summed E-state index contributed by atoms with van der Waals surface area (Å²) in [6.45, 7) is 2.04. The van der Waals surface area contributed by atoms with Crippen LogP contribution in [0, 0.1) is 5.41 Å². The van der Waals surface area contributed by atoms with E-state index in [-0.39, 0.29) is 11.3 Å². The largest absolute Gasteiger partial charge is 0.399 e. The highest BCUT2D eigenvalue weighted by Crippen LogP contribution is 2.38. The molecule has 16 heavy (non-hydrogen) atoms. The van der Waals surface area contributed by atoms with E-state index in [9.17, 15) is 4.79 Å². The van der Waals surface area contributed by atoms with Crippen LogP contribution in [0.4, 0.5) is 11.4 Å². The molecule has 1 aliphatic carbocycles. The molecule has 0 aliphatic heterocycles. The summed E-state index contributed by atoms with van der Waals surface area (Å²) in [5.41, 5.74) is 6.94. The lowest BCUT2D eigenvalue weighted by Crippen LogP contribution is -2.30. The SMILES string of the molecule is CC1(C(=O)Nc2cccc(N)c2)CCCC1. The molecule has 0 heterocycles. The third-order valence-electron chi connectivity index (χ3n) is 3.40. The van der Waals surface area contributed by atoms with Gasteiger partial charge in [0.05, 0.1) is 0 Å². The second-order valence-corrected chi connectivity index (χ2v) is 4.85. The number of nitrogen functional groups attached to an aromatic ring is 1. The van der Waals surface area contributed by atoms with Gasteiger partial charge in [0.15, 0.2) is 0 Å². The van der Waals surface area contributed by atoms with Crippen LogP contribution in [0.15, 0.2) is 24.3 Å². The van der Waals surface area contributed by atoms with E-state index in [4.69, 9.17) is 5.73 Å². The third-order valence-corrected chi connectivity index (χ3v) is 3.40. The van der Waals surface area contributed by atoms with Crippen molar-refractivity contribution in [1.29, 1.82) is 0 Å². The molecule has 1 aromatic rings. The summed E-state index contributed by atoms with van der Waals surface area (Å²) in [5, 5.41) is 2.95. The summed E-state index contributed by atoms with van der Waals surface area (Å²) < 4.78 is 0. The van der Waals surface area contributed by atoms with Gasteiger partial charge in [0, 0.05) is 16.8 Å². The lowest BCUT2D eigenvalue weighted by Gasteiger charge is -2.22. The van der Waals surface area contributed by atoms with Gasteiger partial charge in [0.1, 0.15) is 0 Å². The van der Waals surface area contributed by atoms with Crippen molar-refractivity contribution in [2.24, 2.45) is 5.41 Å². The molecule has 3 nitrogen and oxygen atoms in total. The summed E-state index contributed by atoms with van der Waals surface area (Å²) in [6, 6.07) is 7.32. The molecule has 1 amide bonds. The number of benzene rings is 1. The predicted octanol–water partition coefficient (Wildman–Crippen LogP) is 2.79. The molecule has 0 atom stereocenters. The Hall–Kier alpha value is -1.51. The summed E-state index contributed by atoms with van der Waals surface area (Å²) >= 11 is 0. The average Bonchev–Trinajstić information content (AvgIpc) is 2.66. The number of amides is 1. The minimum atomic E-state index is -0.190. The molecule has 86 valence electrons. The lowest BCUT2D eigenvalue weighted by molar-refractivity contribution is -0.124. The highest BCUT2D eigenvalue weighted by Gasteiger charge is 2.36. The Bertz CT molecular complexity index is 395. The van der Waals surface area contributed by atoms with Gasteiger partial charge < -0.3 is 11.1 Å². The second-order valence-electron chi connectivity index (χ2n) is 4.85. The highest BCUT2D eigenvalue weighted by molar-refractivity contribution is 5.95. The van der Waals surface area contributed by atoms with E-state index >= 15 is 0 Å². The van der Waals surface area contributed by atoms with Crippen LogP contribution >= 0.6 is 0 Å². The van der Waals surface area contributed by atoms with Crippen molar-refractivity contribution < 1.29 is 4.79 Å². The Labute approximate surface area is 96.0 Å². The molecule has 2 rings (SSSR count). The molecular weight excluding hydrogens is 200 g/mol. The quantitative estimate of drug-likeness (QED) is 0.750. The maximum Gasteiger partial charge on any atom is 0.230 e. The number of anilines is 2. The maximum absolute atomic E-state index is 12.1. The normalized spacial score (nSPS) is 18.3. The van der Waals surface area contributed by atoms with Crippen molar-refractivity contribution >= 4 is 17.3 Å². The topological polar surface area (TPSA) is 55.1 Å². The molecular formula is C13H18N2O. The van der Waals surface area contributed by atoms with Crippen LogP contribution in [0.2, 0.25) is 0 Å². The first-order valence-corrected chi connectivity index (χ1v) is 5.77. The number of carbonyl (C=O) groups is 1. The van der Waals surface area contributed by atoms with Gasteiger partial charge >= 0.3 is 0 Å². The van der Waals surface area contributed by atoms with Gasteiger partial charge in [0.2, 0.25) is 5.91 Å². The van der Waals surface area contributed by atoms with Crippen molar-refractivity contribution in [3.8, 4) is 0 Å².